The molecule has 3 atom stereocenters. The Labute approximate surface area is 132 Å². The zero-order chi connectivity index (χ0) is 15.1. The normalized spacial score (nSPS) is 23.8. The molecule has 1 aromatic carbocycles. The maximum absolute atomic E-state index is 10.1. The zero-order valence-electron chi connectivity index (χ0n) is 13.0. The maximum atomic E-state index is 10.1. The summed E-state index contributed by atoms with van der Waals surface area (Å²) in [5, 5.41) is 13.3. The third-order valence-electron chi connectivity index (χ3n) is 4.15. The third-order valence-corrected chi connectivity index (χ3v) is 4.87. The first-order valence-corrected chi connectivity index (χ1v) is 9.09. The Morgan fingerprint density at radius 2 is 2.19 bits per heavy atom. The Balaban J connectivity index is 1.70. The second-order valence-electron chi connectivity index (χ2n) is 5.90. The molecule has 0 aromatic heterocycles. The molecule has 3 nitrogen and oxygen atoms in total. The van der Waals surface area contributed by atoms with Crippen molar-refractivity contribution in [2.45, 2.75) is 49.7 Å². The summed E-state index contributed by atoms with van der Waals surface area (Å²) in [6, 6.07) is 8.23. The average Bonchev–Trinajstić information content (AvgIpc) is 2.52. The molecule has 1 saturated carbocycles. The van der Waals surface area contributed by atoms with Gasteiger partial charge >= 0.3 is 0 Å². The molecule has 21 heavy (non-hydrogen) atoms. The van der Waals surface area contributed by atoms with E-state index in [0.717, 1.165) is 12.1 Å². The van der Waals surface area contributed by atoms with Crippen LogP contribution < -0.4 is 5.32 Å². The van der Waals surface area contributed by atoms with Crippen LogP contribution in [0, 0.1) is 5.92 Å². The number of anilines is 1. The molecule has 118 valence electrons. The minimum Gasteiger partial charge on any atom is -0.389 e. The predicted octanol–water partition coefficient (Wildman–Crippen LogP) is 3.78. The number of aliphatic hydroxyl groups excluding tert-OH is 1. The highest BCUT2D eigenvalue weighted by Crippen LogP contribution is 2.26. The van der Waals surface area contributed by atoms with Gasteiger partial charge in [0.1, 0.15) is 0 Å². The Hall–Kier alpha value is -0.710. The van der Waals surface area contributed by atoms with Crippen molar-refractivity contribution < 1.29 is 9.84 Å². The molecule has 1 fully saturated rings. The lowest BCUT2D eigenvalue weighted by Gasteiger charge is -2.29. The average molecular weight is 309 g/mol. The van der Waals surface area contributed by atoms with Crippen LogP contribution in [0.15, 0.2) is 29.2 Å². The molecule has 0 spiro atoms. The molecule has 1 aliphatic carbocycles. The van der Waals surface area contributed by atoms with E-state index in [1.54, 1.807) is 11.8 Å². The molecular weight excluding hydrogens is 282 g/mol. The van der Waals surface area contributed by atoms with E-state index in [4.69, 9.17) is 4.74 Å². The first-order valence-electron chi connectivity index (χ1n) is 7.86. The molecular formula is C17H27NO2S. The second kappa shape index (κ2) is 8.66. The van der Waals surface area contributed by atoms with E-state index >= 15 is 0 Å². The standard InChI is InChI=1S/C17H27NO2S/c1-13-6-3-4-9-17(13)20-12-15(19)11-18-14-7-5-8-16(10-14)21-2/h5,7-8,10,13,15,17-19H,3-4,6,9,11-12H2,1-2H3. The van der Waals surface area contributed by atoms with Crippen molar-refractivity contribution in [2.75, 3.05) is 24.7 Å². The lowest BCUT2D eigenvalue weighted by Crippen LogP contribution is -2.32. The van der Waals surface area contributed by atoms with Gasteiger partial charge in [-0.05, 0) is 43.2 Å². The molecule has 0 heterocycles. The van der Waals surface area contributed by atoms with Gasteiger partial charge in [-0.15, -0.1) is 11.8 Å². The number of ether oxygens (including phenoxy) is 1. The number of hydrogen-bond acceptors (Lipinski definition) is 4. The molecule has 0 aliphatic heterocycles. The van der Waals surface area contributed by atoms with Crippen molar-refractivity contribution in [3.05, 3.63) is 24.3 Å². The van der Waals surface area contributed by atoms with Crippen LogP contribution in [0.25, 0.3) is 0 Å². The highest BCUT2D eigenvalue weighted by Gasteiger charge is 2.22. The largest absolute Gasteiger partial charge is 0.389 e. The SMILES string of the molecule is CSc1cccc(NCC(O)COC2CCCCC2C)c1. The minimum absolute atomic E-state index is 0.327. The van der Waals surface area contributed by atoms with Gasteiger partial charge in [0.15, 0.2) is 0 Å². The minimum atomic E-state index is -0.461. The molecule has 0 bridgehead atoms. The van der Waals surface area contributed by atoms with E-state index in [1.807, 2.05) is 12.1 Å². The fourth-order valence-electron chi connectivity index (χ4n) is 2.79. The van der Waals surface area contributed by atoms with Gasteiger partial charge < -0.3 is 15.2 Å². The summed E-state index contributed by atoms with van der Waals surface area (Å²) in [6.07, 6.45) is 6.89. The highest BCUT2D eigenvalue weighted by atomic mass is 32.2. The fraction of sp³-hybridized carbons (Fsp3) is 0.647. The number of aliphatic hydroxyl groups is 1. The molecule has 1 aliphatic rings. The van der Waals surface area contributed by atoms with Gasteiger partial charge in [0, 0.05) is 17.1 Å². The van der Waals surface area contributed by atoms with Crippen LogP contribution >= 0.6 is 11.8 Å². The van der Waals surface area contributed by atoms with Crippen LogP contribution in [0.2, 0.25) is 0 Å². The van der Waals surface area contributed by atoms with Crippen molar-refractivity contribution in [1.82, 2.24) is 0 Å². The first kappa shape index (κ1) is 16.7. The lowest BCUT2D eigenvalue weighted by atomic mass is 9.88. The number of rotatable bonds is 7. The van der Waals surface area contributed by atoms with E-state index in [0.29, 0.717) is 25.2 Å². The summed E-state index contributed by atoms with van der Waals surface area (Å²) in [6.45, 7) is 3.20. The Bertz CT molecular complexity index is 427. The van der Waals surface area contributed by atoms with E-state index in [-0.39, 0.29) is 0 Å². The van der Waals surface area contributed by atoms with Gasteiger partial charge in [0.2, 0.25) is 0 Å². The van der Waals surface area contributed by atoms with Crippen LogP contribution in [-0.4, -0.2) is 36.7 Å². The van der Waals surface area contributed by atoms with Crippen LogP contribution in [0.5, 0.6) is 0 Å². The summed E-state index contributed by atoms with van der Waals surface area (Å²) in [5.41, 5.74) is 1.05. The number of benzene rings is 1. The van der Waals surface area contributed by atoms with Gasteiger partial charge in [-0.1, -0.05) is 25.8 Å². The zero-order valence-corrected chi connectivity index (χ0v) is 13.9. The van der Waals surface area contributed by atoms with Crippen LogP contribution in [0.1, 0.15) is 32.6 Å². The van der Waals surface area contributed by atoms with Gasteiger partial charge in [0.25, 0.3) is 0 Å². The predicted molar refractivity (Wildman–Crippen MR) is 90.1 cm³/mol. The van der Waals surface area contributed by atoms with Crippen molar-refractivity contribution in [3.8, 4) is 0 Å². The van der Waals surface area contributed by atoms with Crippen LogP contribution in [0.3, 0.4) is 0 Å². The smallest absolute Gasteiger partial charge is 0.0945 e. The number of nitrogens with one attached hydrogen (secondary N) is 1. The molecule has 4 heteroatoms. The van der Waals surface area contributed by atoms with Crippen molar-refractivity contribution in [3.63, 3.8) is 0 Å². The summed E-state index contributed by atoms with van der Waals surface area (Å²) in [7, 11) is 0. The van der Waals surface area contributed by atoms with E-state index in [2.05, 4.69) is 30.6 Å². The van der Waals surface area contributed by atoms with Gasteiger partial charge in [-0.3, -0.25) is 0 Å². The second-order valence-corrected chi connectivity index (χ2v) is 6.78. The van der Waals surface area contributed by atoms with Crippen LogP contribution in [-0.2, 0) is 4.74 Å². The molecule has 0 amide bonds. The monoisotopic (exact) mass is 309 g/mol. The summed E-state index contributed by atoms with van der Waals surface area (Å²) < 4.78 is 5.90. The molecule has 2 rings (SSSR count). The summed E-state index contributed by atoms with van der Waals surface area (Å²) >= 11 is 1.72. The Kier molecular flexibility index (Phi) is 6.87. The number of hydrogen-bond donors (Lipinski definition) is 2. The van der Waals surface area contributed by atoms with E-state index in [1.165, 1.54) is 24.2 Å². The number of thioether (sulfide) groups is 1. The van der Waals surface area contributed by atoms with Crippen molar-refractivity contribution in [2.24, 2.45) is 5.92 Å². The van der Waals surface area contributed by atoms with E-state index in [9.17, 15) is 5.11 Å². The Morgan fingerprint density at radius 1 is 1.38 bits per heavy atom. The van der Waals surface area contributed by atoms with Crippen molar-refractivity contribution >= 4 is 17.4 Å². The molecule has 0 radical (unpaired) electrons. The third kappa shape index (κ3) is 5.53. The maximum Gasteiger partial charge on any atom is 0.0945 e. The fourth-order valence-corrected chi connectivity index (χ4v) is 3.25. The summed E-state index contributed by atoms with van der Waals surface area (Å²) in [5.74, 6) is 0.622. The quantitative estimate of drug-likeness (QED) is 0.752. The topological polar surface area (TPSA) is 41.5 Å². The molecule has 0 saturated heterocycles. The molecule has 3 unspecified atom stereocenters. The van der Waals surface area contributed by atoms with Gasteiger partial charge in [-0.2, -0.15) is 0 Å². The van der Waals surface area contributed by atoms with Crippen molar-refractivity contribution in [1.29, 1.82) is 0 Å². The molecule has 2 N–H and O–H groups in total. The lowest BCUT2D eigenvalue weighted by molar-refractivity contribution is -0.0424. The van der Waals surface area contributed by atoms with E-state index < -0.39 is 6.10 Å². The van der Waals surface area contributed by atoms with Gasteiger partial charge in [-0.25, -0.2) is 0 Å². The van der Waals surface area contributed by atoms with Crippen LogP contribution in [0.4, 0.5) is 5.69 Å². The summed E-state index contributed by atoms with van der Waals surface area (Å²) in [4.78, 5) is 1.22. The first-order chi connectivity index (χ1) is 10.2. The molecule has 1 aromatic rings. The van der Waals surface area contributed by atoms with Gasteiger partial charge in [0.05, 0.1) is 18.8 Å². The highest BCUT2D eigenvalue weighted by molar-refractivity contribution is 7.98. The Morgan fingerprint density at radius 3 is 2.95 bits per heavy atom.